The van der Waals surface area contributed by atoms with Crippen molar-refractivity contribution in [1.82, 2.24) is 9.97 Å². The molecule has 0 saturated heterocycles. The van der Waals surface area contributed by atoms with E-state index in [-0.39, 0.29) is 29.1 Å². The highest BCUT2D eigenvalue weighted by atomic mass is 35.5. The number of aromatic nitrogens is 2. The van der Waals surface area contributed by atoms with Crippen molar-refractivity contribution in [2.45, 2.75) is 19.3 Å². The van der Waals surface area contributed by atoms with Crippen molar-refractivity contribution in [3.05, 3.63) is 59.4 Å². The Hall–Kier alpha value is -3.11. The maximum absolute atomic E-state index is 13.3. The summed E-state index contributed by atoms with van der Waals surface area (Å²) in [5.74, 6) is -0.562. The van der Waals surface area contributed by atoms with Crippen LogP contribution in [-0.4, -0.2) is 34.1 Å². The Bertz CT molecular complexity index is 1070. The zero-order valence-electron chi connectivity index (χ0n) is 16.0. The van der Waals surface area contributed by atoms with Crippen molar-refractivity contribution in [3.8, 4) is 17.0 Å². The molecule has 0 aliphatic heterocycles. The van der Waals surface area contributed by atoms with E-state index in [9.17, 15) is 22.7 Å². The van der Waals surface area contributed by atoms with Crippen LogP contribution in [0.5, 0.6) is 5.75 Å². The van der Waals surface area contributed by atoms with Crippen LogP contribution in [0.4, 0.5) is 35.0 Å². The Morgan fingerprint density at radius 3 is 2.58 bits per heavy atom. The molecule has 0 saturated carbocycles. The molecule has 0 fully saturated rings. The van der Waals surface area contributed by atoms with E-state index in [0.717, 1.165) is 6.07 Å². The number of benzene rings is 2. The van der Waals surface area contributed by atoms with Gasteiger partial charge in [0.25, 0.3) is 0 Å². The number of hydrogen-bond acceptors (Lipinski definition) is 6. The molecule has 2 aromatic carbocycles. The molecule has 3 rings (SSSR count). The Morgan fingerprint density at radius 2 is 1.90 bits per heavy atom. The minimum atomic E-state index is -4.83. The SMILES string of the molecule is C[C@H](CO)Nc1nc(Nc2ccc(F)cc2Cl)cc(-c2cccc(OC(F)(F)F)c2)n1. The first kappa shape index (κ1) is 22.6. The quantitative estimate of drug-likeness (QED) is 0.415. The second kappa shape index (κ2) is 9.36. The molecule has 1 heterocycles. The van der Waals surface area contributed by atoms with Gasteiger partial charge in [-0.05, 0) is 37.3 Å². The predicted octanol–water partition coefficient (Wildman–Crippen LogP) is 5.37. The standard InChI is InChI=1S/C20H17ClF4N4O2/c1-11(10-30)26-19-28-17(12-3-2-4-14(7-12)31-20(23,24)25)9-18(29-19)27-16-6-5-13(22)8-15(16)21/h2-9,11,30H,10H2,1H3,(H2,26,27,28,29)/t11-/m1/s1. The molecule has 0 spiro atoms. The molecule has 0 amide bonds. The molecule has 0 aliphatic rings. The molecule has 164 valence electrons. The molecule has 0 radical (unpaired) electrons. The van der Waals surface area contributed by atoms with Gasteiger partial charge in [-0.2, -0.15) is 4.98 Å². The molecule has 6 nitrogen and oxygen atoms in total. The molecular formula is C20H17ClF4N4O2. The monoisotopic (exact) mass is 456 g/mol. The van der Waals surface area contributed by atoms with Crippen LogP contribution < -0.4 is 15.4 Å². The number of hydrogen-bond donors (Lipinski definition) is 3. The van der Waals surface area contributed by atoms with Gasteiger partial charge in [-0.25, -0.2) is 9.37 Å². The summed E-state index contributed by atoms with van der Waals surface area (Å²) in [4.78, 5) is 8.58. The van der Waals surface area contributed by atoms with E-state index in [2.05, 4.69) is 25.3 Å². The Labute approximate surface area is 179 Å². The number of rotatable bonds is 7. The molecule has 1 atom stereocenters. The Balaban J connectivity index is 2.00. The van der Waals surface area contributed by atoms with Gasteiger partial charge < -0.3 is 20.5 Å². The lowest BCUT2D eigenvalue weighted by molar-refractivity contribution is -0.274. The molecule has 3 N–H and O–H groups in total. The number of alkyl halides is 3. The van der Waals surface area contributed by atoms with E-state index in [4.69, 9.17) is 11.6 Å². The summed E-state index contributed by atoms with van der Waals surface area (Å²) in [5.41, 5.74) is 0.969. The first-order valence-corrected chi connectivity index (χ1v) is 9.35. The average Bonchev–Trinajstić information content (AvgIpc) is 2.69. The maximum atomic E-state index is 13.3. The summed E-state index contributed by atoms with van der Waals surface area (Å²) in [7, 11) is 0. The largest absolute Gasteiger partial charge is 0.573 e. The molecule has 0 bridgehead atoms. The van der Waals surface area contributed by atoms with Crippen LogP contribution in [0.15, 0.2) is 48.5 Å². The average molecular weight is 457 g/mol. The first-order valence-electron chi connectivity index (χ1n) is 8.97. The summed E-state index contributed by atoms with van der Waals surface area (Å²) < 4.78 is 55.0. The molecular weight excluding hydrogens is 440 g/mol. The molecule has 11 heteroatoms. The highest BCUT2D eigenvalue weighted by Crippen LogP contribution is 2.31. The van der Waals surface area contributed by atoms with Gasteiger partial charge in [0.05, 0.1) is 23.0 Å². The second-order valence-electron chi connectivity index (χ2n) is 6.51. The van der Waals surface area contributed by atoms with Gasteiger partial charge in [0, 0.05) is 17.7 Å². The minimum Gasteiger partial charge on any atom is -0.406 e. The fourth-order valence-corrected chi connectivity index (χ4v) is 2.79. The van der Waals surface area contributed by atoms with Crippen LogP contribution in [0, 0.1) is 5.82 Å². The number of ether oxygens (including phenoxy) is 1. The van der Waals surface area contributed by atoms with Gasteiger partial charge in [0.15, 0.2) is 0 Å². The van der Waals surface area contributed by atoms with Crippen molar-refractivity contribution in [2.24, 2.45) is 0 Å². The Kier molecular flexibility index (Phi) is 6.81. The van der Waals surface area contributed by atoms with Gasteiger partial charge in [0.2, 0.25) is 5.95 Å². The second-order valence-corrected chi connectivity index (χ2v) is 6.92. The third-order valence-corrected chi connectivity index (χ3v) is 4.25. The van der Waals surface area contributed by atoms with Crippen LogP contribution in [-0.2, 0) is 0 Å². The van der Waals surface area contributed by atoms with E-state index in [0.29, 0.717) is 11.3 Å². The number of anilines is 3. The fraction of sp³-hybridized carbons (Fsp3) is 0.200. The summed E-state index contributed by atoms with van der Waals surface area (Å²) in [6.07, 6.45) is -4.83. The number of aliphatic hydroxyl groups excluding tert-OH is 1. The van der Waals surface area contributed by atoms with E-state index in [1.807, 2.05) is 0 Å². The lowest BCUT2D eigenvalue weighted by atomic mass is 10.1. The predicted molar refractivity (Wildman–Crippen MR) is 109 cm³/mol. The van der Waals surface area contributed by atoms with Gasteiger partial charge in [0.1, 0.15) is 17.4 Å². The van der Waals surface area contributed by atoms with Crippen molar-refractivity contribution in [3.63, 3.8) is 0 Å². The lowest BCUT2D eigenvalue weighted by Crippen LogP contribution is -2.21. The van der Waals surface area contributed by atoms with Gasteiger partial charge >= 0.3 is 6.36 Å². The van der Waals surface area contributed by atoms with E-state index >= 15 is 0 Å². The number of nitrogens with zero attached hydrogens (tertiary/aromatic N) is 2. The topological polar surface area (TPSA) is 79.3 Å². The van der Waals surface area contributed by atoms with Crippen molar-refractivity contribution in [2.75, 3.05) is 17.2 Å². The van der Waals surface area contributed by atoms with Crippen molar-refractivity contribution in [1.29, 1.82) is 0 Å². The zero-order valence-corrected chi connectivity index (χ0v) is 16.8. The van der Waals surface area contributed by atoms with Crippen molar-refractivity contribution >= 4 is 29.1 Å². The van der Waals surface area contributed by atoms with E-state index < -0.39 is 24.0 Å². The molecule has 0 unspecified atom stereocenters. The normalized spacial score (nSPS) is 12.4. The van der Waals surface area contributed by atoms with E-state index in [1.54, 1.807) is 13.0 Å². The Morgan fingerprint density at radius 1 is 1.13 bits per heavy atom. The van der Waals surface area contributed by atoms with Crippen LogP contribution >= 0.6 is 11.6 Å². The van der Waals surface area contributed by atoms with Crippen molar-refractivity contribution < 1.29 is 27.4 Å². The first-order chi connectivity index (χ1) is 14.6. The minimum absolute atomic E-state index is 0.110. The van der Waals surface area contributed by atoms with Gasteiger partial charge in [-0.15, -0.1) is 13.2 Å². The summed E-state index contributed by atoms with van der Waals surface area (Å²) >= 11 is 6.05. The molecule has 3 aromatic rings. The smallest absolute Gasteiger partial charge is 0.406 e. The van der Waals surface area contributed by atoms with Crippen LogP contribution in [0.1, 0.15) is 6.92 Å². The molecule has 31 heavy (non-hydrogen) atoms. The van der Waals surface area contributed by atoms with Crippen LogP contribution in [0.2, 0.25) is 5.02 Å². The summed E-state index contributed by atoms with van der Waals surface area (Å²) in [5, 5.41) is 15.2. The zero-order chi connectivity index (χ0) is 22.6. The van der Waals surface area contributed by atoms with E-state index in [1.165, 1.54) is 36.4 Å². The number of halogens is 5. The van der Waals surface area contributed by atoms with Gasteiger partial charge in [-0.1, -0.05) is 23.7 Å². The molecule has 0 aliphatic carbocycles. The lowest BCUT2D eigenvalue weighted by Gasteiger charge is -2.15. The third-order valence-electron chi connectivity index (χ3n) is 3.93. The summed E-state index contributed by atoms with van der Waals surface area (Å²) in [6, 6.07) is 10.1. The summed E-state index contributed by atoms with van der Waals surface area (Å²) in [6.45, 7) is 1.49. The van der Waals surface area contributed by atoms with Crippen LogP contribution in [0.3, 0.4) is 0 Å². The fourth-order valence-electron chi connectivity index (χ4n) is 2.57. The highest BCUT2D eigenvalue weighted by molar-refractivity contribution is 6.33. The number of nitrogens with one attached hydrogen (secondary N) is 2. The number of aliphatic hydroxyl groups is 1. The van der Waals surface area contributed by atoms with Gasteiger partial charge in [-0.3, -0.25) is 0 Å². The van der Waals surface area contributed by atoms with Crippen LogP contribution in [0.25, 0.3) is 11.3 Å². The maximum Gasteiger partial charge on any atom is 0.573 e. The third kappa shape index (κ3) is 6.43. The highest BCUT2D eigenvalue weighted by Gasteiger charge is 2.31. The molecule has 1 aromatic heterocycles.